The van der Waals surface area contributed by atoms with E-state index in [-0.39, 0.29) is 12.6 Å². The highest BCUT2D eigenvalue weighted by Crippen LogP contribution is 2.39. The molecular formula is C18H20F5N5O. The normalized spacial score (nSPS) is 20.2. The summed E-state index contributed by atoms with van der Waals surface area (Å²) in [6.45, 7) is 1.91. The SMILES string of the molecule is C[C@@H](O)c1nc2cnc3[nH]ccc3c2n1[C@H]1CCN(CCC(F)(F)C(F)(F)F)C1. The molecule has 4 rings (SSSR count). The molecule has 11 heteroatoms. The first-order chi connectivity index (χ1) is 13.6. The van der Waals surface area contributed by atoms with Crippen molar-refractivity contribution >= 4 is 22.1 Å². The van der Waals surface area contributed by atoms with Crippen LogP contribution in [0.1, 0.15) is 37.7 Å². The predicted octanol–water partition coefficient (Wildman–Crippen LogP) is 3.80. The molecule has 158 valence electrons. The summed E-state index contributed by atoms with van der Waals surface area (Å²) >= 11 is 0. The maximum absolute atomic E-state index is 13.3. The van der Waals surface area contributed by atoms with Gasteiger partial charge in [-0.05, 0) is 19.4 Å². The highest BCUT2D eigenvalue weighted by atomic mass is 19.4. The second-order valence-corrected chi connectivity index (χ2v) is 7.44. The number of rotatable bonds is 5. The van der Waals surface area contributed by atoms with Crippen molar-refractivity contribution in [3.8, 4) is 0 Å². The number of likely N-dealkylation sites (tertiary alicyclic amines) is 1. The van der Waals surface area contributed by atoms with Crippen LogP contribution >= 0.6 is 0 Å². The Morgan fingerprint density at radius 1 is 1.31 bits per heavy atom. The molecule has 6 nitrogen and oxygen atoms in total. The number of alkyl halides is 5. The van der Waals surface area contributed by atoms with Crippen LogP contribution in [0.4, 0.5) is 22.0 Å². The molecule has 1 aliphatic rings. The van der Waals surface area contributed by atoms with Crippen LogP contribution in [0.2, 0.25) is 0 Å². The largest absolute Gasteiger partial charge is 0.453 e. The van der Waals surface area contributed by atoms with Crippen molar-refractivity contribution in [1.82, 2.24) is 24.4 Å². The Morgan fingerprint density at radius 3 is 2.76 bits per heavy atom. The van der Waals surface area contributed by atoms with E-state index in [0.717, 1.165) is 10.9 Å². The van der Waals surface area contributed by atoms with Crippen LogP contribution in [-0.2, 0) is 0 Å². The second kappa shape index (κ2) is 6.91. The van der Waals surface area contributed by atoms with Crippen molar-refractivity contribution in [2.24, 2.45) is 0 Å². The minimum absolute atomic E-state index is 0.204. The van der Waals surface area contributed by atoms with E-state index in [0.29, 0.717) is 36.5 Å². The first-order valence-corrected chi connectivity index (χ1v) is 9.27. The molecule has 0 aromatic carbocycles. The summed E-state index contributed by atoms with van der Waals surface area (Å²) in [6, 6.07) is 1.63. The molecule has 0 spiro atoms. The zero-order chi connectivity index (χ0) is 21.0. The Morgan fingerprint density at radius 2 is 2.07 bits per heavy atom. The summed E-state index contributed by atoms with van der Waals surface area (Å²) in [5.74, 6) is -4.29. The van der Waals surface area contributed by atoms with Crippen LogP contribution in [0, 0.1) is 0 Å². The molecule has 0 unspecified atom stereocenters. The molecule has 2 atom stereocenters. The van der Waals surface area contributed by atoms with Crippen molar-refractivity contribution in [3.05, 3.63) is 24.3 Å². The smallest absolute Gasteiger partial charge is 0.385 e. The third-order valence-electron chi connectivity index (χ3n) is 5.40. The van der Waals surface area contributed by atoms with Gasteiger partial charge in [0.2, 0.25) is 0 Å². The van der Waals surface area contributed by atoms with E-state index in [1.807, 2.05) is 10.6 Å². The molecule has 1 saturated heterocycles. The molecule has 0 bridgehead atoms. The number of aromatic nitrogens is 4. The van der Waals surface area contributed by atoms with Crippen LogP contribution in [0.15, 0.2) is 18.5 Å². The molecule has 1 fully saturated rings. The van der Waals surface area contributed by atoms with Gasteiger partial charge in [-0.2, -0.15) is 22.0 Å². The van der Waals surface area contributed by atoms with Gasteiger partial charge in [0, 0.05) is 43.7 Å². The quantitative estimate of drug-likeness (QED) is 0.620. The van der Waals surface area contributed by atoms with Crippen LogP contribution in [0.3, 0.4) is 0 Å². The molecular weight excluding hydrogens is 397 g/mol. The Balaban J connectivity index is 1.62. The molecule has 0 amide bonds. The van der Waals surface area contributed by atoms with Gasteiger partial charge in [-0.25, -0.2) is 9.97 Å². The fourth-order valence-electron chi connectivity index (χ4n) is 3.94. The average Bonchev–Trinajstić information content (AvgIpc) is 3.34. The number of halogens is 5. The predicted molar refractivity (Wildman–Crippen MR) is 95.7 cm³/mol. The van der Waals surface area contributed by atoms with E-state index in [1.165, 1.54) is 0 Å². The Labute approximate surface area is 162 Å². The fourth-order valence-corrected chi connectivity index (χ4v) is 3.94. The number of nitrogens with zero attached hydrogens (tertiary/aromatic N) is 4. The lowest BCUT2D eigenvalue weighted by molar-refractivity contribution is -0.284. The first-order valence-electron chi connectivity index (χ1n) is 9.27. The first kappa shape index (κ1) is 20.0. The molecule has 3 aromatic rings. The number of H-pyrrole nitrogens is 1. The topological polar surface area (TPSA) is 70.0 Å². The van der Waals surface area contributed by atoms with Gasteiger partial charge in [0.1, 0.15) is 23.1 Å². The number of nitrogens with one attached hydrogen (secondary N) is 1. The molecule has 2 N–H and O–H groups in total. The number of imidazole rings is 1. The third-order valence-corrected chi connectivity index (χ3v) is 5.40. The van der Waals surface area contributed by atoms with Gasteiger partial charge >= 0.3 is 12.1 Å². The molecule has 1 aliphatic heterocycles. The van der Waals surface area contributed by atoms with E-state index in [2.05, 4.69) is 15.0 Å². The van der Waals surface area contributed by atoms with E-state index in [9.17, 15) is 27.1 Å². The highest BCUT2D eigenvalue weighted by molar-refractivity contribution is 6.01. The fraction of sp³-hybridized carbons (Fsp3) is 0.556. The van der Waals surface area contributed by atoms with Crippen LogP contribution in [-0.4, -0.2) is 61.3 Å². The minimum atomic E-state index is -5.54. The van der Waals surface area contributed by atoms with Gasteiger partial charge in [0.25, 0.3) is 0 Å². The Hall–Kier alpha value is -2.27. The zero-order valence-electron chi connectivity index (χ0n) is 15.5. The molecule has 29 heavy (non-hydrogen) atoms. The number of fused-ring (bicyclic) bond motifs is 3. The summed E-state index contributed by atoms with van der Waals surface area (Å²) in [5.41, 5.74) is 2.00. The Bertz CT molecular complexity index is 1020. The molecule has 0 saturated carbocycles. The van der Waals surface area contributed by atoms with Gasteiger partial charge in [0.05, 0.1) is 11.7 Å². The number of aromatic amines is 1. The van der Waals surface area contributed by atoms with Crippen molar-refractivity contribution in [1.29, 1.82) is 0 Å². The zero-order valence-corrected chi connectivity index (χ0v) is 15.5. The van der Waals surface area contributed by atoms with E-state index >= 15 is 0 Å². The van der Waals surface area contributed by atoms with Crippen LogP contribution < -0.4 is 0 Å². The van der Waals surface area contributed by atoms with Crippen molar-refractivity contribution in [3.63, 3.8) is 0 Å². The minimum Gasteiger partial charge on any atom is -0.385 e. The highest BCUT2D eigenvalue weighted by Gasteiger charge is 2.56. The van der Waals surface area contributed by atoms with Crippen molar-refractivity contribution in [2.45, 2.75) is 44.0 Å². The van der Waals surface area contributed by atoms with Crippen molar-refractivity contribution in [2.75, 3.05) is 19.6 Å². The van der Waals surface area contributed by atoms with E-state index < -0.39 is 24.6 Å². The maximum Gasteiger partial charge on any atom is 0.453 e. The molecule has 3 aromatic heterocycles. The van der Waals surface area contributed by atoms with Gasteiger partial charge in [-0.1, -0.05) is 0 Å². The maximum atomic E-state index is 13.3. The van der Waals surface area contributed by atoms with Gasteiger partial charge in [-0.15, -0.1) is 0 Å². The summed E-state index contributed by atoms with van der Waals surface area (Å²) in [5, 5.41) is 11.0. The van der Waals surface area contributed by atoms with Gasteiger partial charge in [0.15, 0.2) is 0 Å². The molecule has 0 aliphatic carbocycles. The summed E-state index contributed by atoms with van der Waals surface area (Å²) in [4.78, 5) is 13.4. The number of pyridine rings is 1. The monoisotopic (exact) mass is 417 g/mol. The van der Waals surface area contributed by atoms with Gasteiger partial charge < -0.3 is 19.6 Å². The van der Waals surface area contributed by atoms with E-state index in [4.69, 9.17) is 0 Å². The van der Waals surface area contributed by atoms with Crippen LogP contribution in [0.5, 0.6) is 0 Å². The lowest BCUT2D eigenvalue weighted by atomic mass is 10.2. The van der Waals surface area contributed by atoms with E-state index in [1.54, 1.807) is 24.2 Å². The number of aliphatic hydroxyl groups excluding tert-OH is 1. The average molecular weight is 417 g/mol. The van der Waals surface area contributed by atoms with Crippen molar-refractivity contribution < 1.29 is 27.1 Å². The standard InChI is InChI=1S/C18H20F5N5O/c1-10(29)16-26-13-8-25-15-12(2-5-24-15)14(13)28(16)11-3-6-27(9-11)7-4-17(19,20)18(21,22)23/h2,5,8,10-11,29H,3-4,6-7,9H2,1H3,(H,24,25)/t10-,11+/m1/s1. The molecule has 0 radical (unpaired) electrons. The summed E-state index contributed by atoms with van der Waals surface area (Å²) < 4.78 is 65.7. The Kier molecular flexibility index (Phi) is 4.77. The summed E-state index contributed by atoms with van der Waals surface area (Å²) in [6.07, 6.45) is -3.82. The molecule has 4 heterocycles. The number of hydrogen-bond donors (Lipinski definition) is 2. The lowest BCUT2D eigenvalue weighted by Gasteiger charge is -2.23. The number of aliphatic hydroxyl groups is 1. The third kappa shape index (κ3) is 3.46. The summed E-state index contributed by atoms with van der Waals surface area (Å²) in [7, 11) is 0. The number of hydrogen-bond acceptors (Lipinski definition) is 4. The van der Waals surface area contributed by atoms with Crippen LogP contribution in [0.25, 0.3) is 22.1 Å². The lowest BCUT2D eigenvalue weighted by Crippen LogP contribution is -2.39. The second-order valence-electron chi connectivity index (χ2n) is 7.44. The van der Waals surface area contributed by atoms with Gasteiger partial charge in [-0.3, -0.25) is 0 Å².